The minimum absolute atomic E-state index is 0.000781. The molecule has 0 N–H and O–H groups in total. The average Bonchev–Trinajstić information content (AvgIpc) is 3.16. The van der Waals surface area contributed by atoms with Crippen molar-refractivity contribution in [3.05, 3.63) is 83.2 Å². The van der Waals surface area contributed by atoms with Gasteiger partial charge in [-0.05, 0) is 55.3 Å². The minimum Gasteiger partial charge on any atom is -0.278 e. The molecule has 0 radical (unpaired) electrons. The van der Waals surface area contributed by atoms with Crippen LogP contribution in [0, 0.1) is 13.8 Å². The highest BCUT2D eigenvalue weighted by Gasteiger charge is 2.27. The van der Waals surface area contributed by atoms with Crippen molar-refractivity contribution in [2.75, 3.05) is 11.2 Å². The highest BCUT2D eigenvalue weighted by Crippen LogP contribution is 2.34. The summed E-state index contributed by atoms with van der Waals surface area (Å²) in [5, 5.41) is 0.502. The van der Waals surface area contributed by atoms with Crippen LogP contribution in [-0.2, 0) is 16.4 Å². The van der Waals surface area contributed by atoms with Crippen LogP contribution in [0.2, 0.25) is 0 Å². The quantitative estimate of drug-likeness (QED) is 0.444. The van der Waals surface area contributed by atoms with Gasteiger partial charge in [0.15, 0.2) is 15.0 Å². The summed E-state index contributed by atoms with van der Waals surface area (Å²) in [4.78, 5) is 24.2. The number of thiazole rings is 1. The summed E-state index contributed by atoms with van der Waals surface area (Å²) in [6, 6.07) is 15.8. The summed E-state index contributed by atoms with van der Waals surface area (Å²) in [7, 11) is -3.58. The molecule has 0 spiro atoms. The normalized spacial score (nSPS) is 11.6. The summed E-state index contributed by atoms with van der Waals surface area (Å²) in [5.41, 5.74) is 3.79. The first-order valence-electron chi connectivity index (χ1n) is 9.62. The van der Waals surface area contributed by atoms with Crippen LogP contribution in [0.3, 0.4) is 0 Å². The Labute approximate surface area is 185 Å². The van der Waals surface area contributed by atoms with Crippen molar-refractivity contribution < 1.29 is 13.2 Å². The van der Waals surface area contributed by atoms with Crippen LogP contribution in [0.5, 0.6) is 0 Å². The molecule has 31 heavy (non-hydrogen) atoms. The third-order valence-corrected chi connectivity index (χ3v) is 7.23. The summed E-state index contributed by atoms with van der Waals surface area (Å²) in [6.07, 6.45) is 2.76. The summed E-state index contributed by atoms with van der Waals surface area (Å²) >= 11 is 1.41. The number of hydrogen-bond acceptors (Lipinski definition) is 6. The molecule has 0 aliphatic heterocycles. The molecule has 0 unspecified atom stereocenters. The van der Waals surface area contributed by atoms with Crippen LogP contribution in [0.1, 0.15) is 27.2 Å². The number of carbonyl (C=O) groups is 1. The molecule has 0 saturated carbocycles. The smallest absolute Gasteiger partial charge is 0.261 e. The third kappa shape index (κ3) is 4.35. The largest absolute Gasteiger partial charge is 0.278 e. The number of hydrogen-bond donors (Lipinski definition) is 0. The molecule has 2 heterocycles. The first-order chi connectivity index (χ1) is 14.7. The van der Waals surface area contributed by atoms with Gasteiger partial charge in [0.1, 0.15) is 0 Å². The molecule has 0 fully saturated rings. The van der Waals surface area contributed by atoms with Crippen molar-refractivity contribution in [3.63, 3.8) is 0 Å². The maximum atomic E-state index is 13.6. The molecular weight excluding hydrogens is 430 g/mol. The van der Waals surface area contributed by atoms with Gasteiger partial charge in [0.25, 0.3) is 5.91 Å². The Balaban J connectivity index is 1.87. The predicted octanol–water partition coefficient (Wildman–Crippen LogP) is 4.56. The molecule has 4 aromatic rings. The molecule has 0 aliphatic carbocycles. The van der Waals surface area contributed by atoms with Crippen LogP contribution >= 0.6 is 11.3 Å². The van der Waals surface area contributed by atoms with Gasteiger partial charge in [-0.1, -0.05) is 35.6 Å². The van der Waals surface area contributed by atoms with Crippen LogP contribution < -0.4 is 4.90 Å². The second kappa shape index (κ2) is 8.20. The molecule has 0 saturated heterocycles. The number of benzene rings is 2. The number of nitrogens with zero attached hydrogens (tertiary/aromatic N) is 3. The van der Waals surface area contributed by atoms with Gasteiger partial charge in [0.05, 0.1) is 32.9 Å². The van der Waals surface area contributed by atoms with E-state index in [1.165, 1.54) is 28.4 Å². The van der Waals surface area contributed by atoms with Gasteiger partial charge >= 0.3 is 0 Å². The van der Waals surface area contributed by atoms with Crippen LogP contribution in [0.25, 0.3) is 10.2 Å². The highest BCUT2D eigenvalue weighted by atomic mass is 32.2. The van der Waals surface area contributed by atoms with E-state index < -0.39 is 15.7 Å². The van der Waals surface area contributed by atoms with E-state index in [1.807, 2.05) is 32.0 Å². The van der Waals surface area contributed by atoms with Crippen molar-refractivity contribution >= 4 is 42.4 Å². The number of carbonyl (C=O) groups excluding carboxylic acids is 1. The van der Waals surface area contributed by atoms with Crippen LogP contribution in [0.4, 0.5) is 5.13 Å². The average molecular weight is 452 g/mol. The SMILES string of the molecule is Cc1cc(C)c2sc(N(Cc3ccccn3)C(=O)c3ccccc3S(C)(=O)=O)nc2c1. The Kier molecular flexibility index (Phi) is 5.60. The van der Waals surface area contributed by atoms with E-state index in [0.717, 1.165) is 27.6 Å². The molecule has 2 aromatic heterocycles. The zero-order valence-electron chi connectivity index (χ0n) is 17.4. The van der Waals surface area contributed by atoms with Crippen LogP contribution in [-0.4, -0.2) is 30.5 Å². The van der Waals surface area contributed by atoms with Crippen LogP contribution in [0.15, 0.2) is 65.7 Å². The van der Waals surface area contributed by atoms with E-state index in [4.69, 9.17) is 4.98 Å². The second-order valence-corrected chi connectivity index (χ2v) is 10.4. The summed E-state index contributed by atoms with van der Waals surface area (Å²) < 4.78 is 25.6. The molecule has 4 rings (SSSR count). The third-order valence-electron chi connectivity index (χ3n) is 4.85. The number of anilines is 1. The van der Waals surface area contributed by atoms with Gasteiger partial charge in [-0.3, -0.25) is 14.7 Å². The standard InChI is InChI=1S/C23H21N3O3S2/c1-15-12-16(2)21-19(13-15)25-23(30-21)26(14-17-8-6-7-11-24-17)22(27)18-9-4-5-10-20(18)31(3,28)29/h4-13H,14H2,1-3H3. The van der Waals surface area contributed by atoms with E-state index in [9.17, 15) is 13.2 Å². The number of sulfone groups is 1. The lowest BCUT2D eigenvalue weighted by atomic mass is 10.1. The van der Waals surface area contributed by atoms with Gasteiger partial charge in [-0.2, -0.15) is 0 Å². The van der Waals surface area contributed by atoms with Gasteiger partial charge < -0.3 is 0 Å². The number of aryl methyl sites for hydroxylation is 2. The molecule has 2 aromatic carbocycles. The van der Waals surface area contributed by atoms with E-state index in [-0.39, 0.29) is 17.0 Å². The molecule has 1 amide bonds. The monoisotopic (exact) mass is 451 g/mol. The first kappa shape index (κ1) is 21.1. The maximum absolute atomic E-state index is 13.6. The zero-order chi connectivity index (χ0) is 22.2. The Morgan fingerprint density at radius 3 is 2.52 bits per heavy atom. The fourth-order valence-corrected chi connectivity index (χ4v) is 5.37. The van der Waals surface area contributed by atoms with E-state index in [1.54, 1.807) is 24.4 Å². The molecule has 0 aliphatic rings. The minimum atomic E-state index is -3.58. The Bertz CT molecular complexity index is 1380. The summed E-state index contributed by atoms with van der Waals surface area (Å²) in [5.74, 6) is -0.430. The van der Waals surface area contributed by atoms with Crippen molar-refractivity contribution in [3.8, 4) is 0 Å². The van der Waals surface area contributed by atoms with E-state index >= 15 is 0 Å². The lowest BCUT2D eigenvalue weighted by Gasteiger charge is -2.20. The Morgan fingerprint density at radius 1 is 1.06 bits per heavy atom. The van der Waals surface area contributed by atoms with E-state index in [0.29, 0.717) is 10.8 Å². The topological polar surface area (TPSA) is 80.2 Å². The molecule has 8 heteroatoms. The number of rotatable bonds is 5. The molecule has 0 bridgehead atoms. The number of fused-ring (bicyclic) bond motifs is 1. The van der Waals surface area contributed by atoms with Crippen molar-refractivity contribution in [1.82, 2.24) is 9.97 Å². The van der Waals surface area contributed by atoms with Gasteiger partial charge in [-0.25, -0.2) is 13.4 Å². The molecule has 0 atom stereocenters. The predicted molar refractivity (Wildman–Crippen MR) is 123 cm³/mol. The molecular formula is C23H21N3O3S2. The molecule has 158 valence electrons. The Hall–Kier alpha value is -3.10. The fourth-order valence-electron chi connectivity index (χ4n) is 3.47. The van der Waals surface area contributed by atoms with Gasteiger partial charge in [0.2, 0.25) is 0 Å². The maximum Gasteiger partial charge on any atom is 0.261 e. The first-order valence-corrected chi connectivity index (χ1v) is 12.3. The van der Waals surface area contributed by atoms with E-state index in [2.05, 4.69) is 11.1 Å². The van der Waals surface area contributed by atoms with Gasteiger partial charge in [0, 0.05) is 12.5 Å². The zero-order valence-corrected chi connectivity index (χ0v) is 19.0. The number of aromatic nitrogens is 2. The van der Waals surface area contributed by atoms with Gasteiger partial charge in [-0.15, -0.1) is 0 Å². The lowest BCUT2D eigenvalue weighted by Crippen LogP contribution is -2.31. The second-order valence-electron chi connectivity index (χ2n) is 7.41. The molecule has 6 nitrogen and oxygen atoms in total. The van der Waals surface area contributed by atoms with Crippen molar-refractivity contribution in [2.45, 2.75) is 25.3 Å². The van der Waals surface area contributed by atoms with Crippen molar-refractivity contribution in [2.24, 2.45) is 0 Å². The number of pyridine rings is 1. The fraction of sp³-hybridized carbons (Fsp3) is 0.174. The Morgan fingerprint density at radius 2 is 1.81 bits per heavy atom. The number of amides is 1. The van der Waals surface area contributed by atoms with Crippen molar-refractivity contribution in [1.29, 1.82) is 0 Å². The summed E-state index contributed by atoms with van der Waals surface area (Å²) in [6.45, 7) is 4.20. The highest BCUT2D eigenvalue weighted by molar-refractivity contribution is 7.90. The lowest BCUT2D eigenvalue weighted by molar-refractivity contribution is 0.0981.